The van der Waals surface area contributed by atoms with Crippen molar-refractivity contribution in [1.29, 1.82) is 0 Å². The number of amides is 1. The number of carboxylic acid groups (broad SMARTS) is 1. The third-order valence-electron chi connectivity index (χ3n) is 6.14. The highest BCUT2D eigenvalue weighted by Crippen LogP contribution is 2.44. The lowest BCUT2D eigenvalue weighted by Gasteiger charge is -2.23. The Hall–Kier alpha value is -3.85. The molecule has 0 spiro atoms. The van der Waals surface area contributed by atoms with Gasteiger partial charge in [0.2, 0.25) is 0 Å². The minimum absolute atomic E-state index is 0.287. The number of aliphatic carboxylic acids is 1. The van der Waals surface area contributed by atoms with Crippen molar-refractivity contribution in [2.24, 2.45) is 5.92 Å². The number of nitrogens with one attached hydrogen (secondary N) is 1. The van der Waals surface area contributed by atoms with Crippen molar-refractivity contribution in [3.8, 4) is 0 Å². The van der Waals surface area contributed by atoms with Crippen LogP contribution in [-0.2, 0) is 27.2 Å². The Balaban J connectivity index is 1.42. The molecule has 0 radical (unpaired) electrons. The monoisotopic (exact) mass is 491 g/mol. The van der Waals surface area contributed by atoms with Gasteiger partial charge in [0.05, 0.1) is 28.4 Å². The van der Waals surface area contributed by atoms with E-state index in [0.29, 0.717) is 34.7 Å². The number of nitrogens with zero attached hydrogens (tertiary/aromatic N) is 2. The second-order valence-electron chi connectivity index (χ2n) is 9.02. The van der Waals surface area contributed by atoms with Crippen LogP contribution >= 0.6 is 11.3 Å². The number of carboxylic acids is 1. The smallest absolute Gasteiger partial charge is 0.307 e. The van der Waals surface area contributed by atoms with Gasteiger partial charge in [-0.25, -0.2) is 9.37 Å². The Morgan fingerprint density at radius 1 is 1.20 bits per heavy atom. The Kier molecular flexibility index (Phi) is 5.72. The van der Waals surface area contributed by atoms with Gasteiger partial charge in [-0.3, -0.25) is 14.6 Å². The number of pyridine rings is 1. The summed E-state index contributed by atoms with van der Waals surface area (Å²) in [7, 11) is 0. The highest BCUT2D eigenvalue weighted by Gasteiger charge is 2.38. The molecule has 0 saturated heterocycles. The van der Waals surface area contributed by atoms with E-state index < -0.39 is 23.3 Å². The van der Waals surface area contributed by atoms with Gasteiger partial charge in [-0.2, -0.15) is 0 Å². The average molecular weight is 492 g/mol. The molecule has 9 heteroatoms. The van der Waals surface area contributed by atoms with Crippen LogP contribution in [0.25, 0.3) is 11.1 Å². The Morgan fingerprint density at radius 3 is 2.69 bits per heavy atom. The zero-order valence-corrected chi connectivity index (χ0v) is 19.9. The molecule has 2 aromatic heterocycles. The summed E-state index contributed by atoms with van der Waals surface area (Å²) in [6.07, 6.45) is 4.14. The maximum atomic E-state index is 13.6. The summed E-state index contributed by atoms with van der Waals surface area (Å²) in [6, 6.07) is 7.86. The molecule has 2 aliphatic heterocycles. The molecule has 0 unspecified atom stereocenters. The van der Waals surface area contributed by atoms with Crippen LogP contribution in [0.15, 0.2) is 59.3 Å². The van der Waals surface area contributed by atoms with Gasteiger partial charge in [0.15, 0.2) is 0 Å². The lowest BCUT2D eigenvalue weighted by molar-refractivity contribution is -0.141. The molecule has 0 saturated carbocycles. The number of thiazole rings is 1. The maximum Gasteiger partial charge on any atom is 0.307 e. The molecule has 0 aliphatic carbocycles. The predicted octanol–water partition coefficient (Wildman–Crippen LogP) is 4.72. The van der Waals surface area contributed by atoms with Crippen molar-refractivity contribution < 1.29 is 23.8 Å². The van der Waals surface area contributed by atoms with Crippen molar-refractivity contribution >= 4 is 40.0 Å². The summed E-state index contributed by atoms with van der Waals surface area (Å²) < 4.78 is 19.8. The molecular formula is C26H22FN3O4S. The van der Waals surface area contributed by atoms with Gasteiger partial charge in [-0.15, -0.1) is 11.3 Å². The van der Waals surface area contributed by atoms with E-state index in [-0.39, 0.29) is 12.3 Å². The number of carbonyl (C=O) groups is 2. The van der Waals surface area contributed by atoms with Crippen LogP contribution in [0.2, 0.25) is 0 Å². The van der Waals surface area contributed by atoms with Gasteiger partial charge in [0.25, 0.3) is 5.91 Å². The van der Waals surface area contributed by atoms with Gasteiger partial charge >= 0.3 is 5.97 Å². The van der Waals surface area contributed by atoms with E-state index in [2.05, 4.69) is 15.3 Å². The molecule has 7 nitrogen and oxygen atoms in total. The van der Waals surface area contributed by atoms with E-state index in [0.717, 1.165) is 16.8 Å². The van der Waals surface area contributed by atoms with Gasteiger partial charge in [0, 0.05) is 46.8 Å². The number of aromatic nitrogens is 2. The zero-order valence-electron chi connectivity index (χ0n) is 19.0. The third-order valence-corrected chi connectivity index (χ3v) is 6.78. The Labute approximate surface area is 205 Å². The van der Waals surface area contributed by atoms with Crippen molar-refractivity contribution in [2.75, 3.05) is 5.32 Å². The van der Waals surface area contributed by atoms with Crippen LogP contribution in [0, 0.1) is 11.7 Å². The van der Waals surface area contributed by atoms with Crippen LogP contribution in [0.5, 0.6) is 0 Å². The van der Waals surface area contributed by atoms with E-state index in [1.54, 1.807) is 17.8 Å². The van der Waals surface area contributed by atoms with E-state index >= 15 is 0 Å². The zero-order chi connectivity index (χ0) is 24.7. The standard InChI is InChI=1S/C26H22FN3O4S/c1-26(2)20(10-22(34-26)23-19-6-4-16(27)9-21(19)30-24(23)31)14-3-5-17(28-11-14)7-15(25(32)33)8-18-12-35-13-29-18/h3-6,9-13,15H,7-8H2,1-2H3,(H,30,31)(H,32,33)/b23-22+/t15-/m1/s1. The van der Waals surface area contributed by atoms with Gasteiger partial charge in [-0.05, 0) is 44.2 Å². The summed E-state index contributed by atoms with van der Waals surface area (Å²) in [6.45, 7) is 3.79. The third kappa shape index (κ3) is 4.46. The molecule has 5 rings (SSSR count). The number of carbonyl (C=O) groups excluding carboxylic acids is 1. The summed E-state index contributed by atoms with van der Waals surface area (Å²) in [5.74, 6) is -1.87. The normalized spacial score (nSPS) is 19.1. The van der Waals surface area contributed by atoms with Crippen molar-refractivity contribution in [3.63, 3.8) is 0 Å². The summed E-state index contributed by atoms with van der Waals surface area (Å²) >= 11 is 1.44. The largest absolute Gasteiger partial charge is 0.482 e. The molecule has 178 valence electrons. The number of ether oxygens (including phenoxy) is 1. The number of benzene rings is 1. The van der Waals surface area contributed by atoms with Crippen molar-refractivity contribution in [3.05, 3.63) is 87.6 Å². The molecule has 35 heavy (non-hydrogen) atoms. The number of allylic oxidation sites excluding steroid dienone is 1. The molecular weight excluding hydrogens is 469 g/mol. The highest BCUT2D eigenvalue weighted by molar-refractivity contribution is 7.07. The number of hydrogen-bond donors (Lipinski definition) is 2. The van der Waals surface area contributed by atoms with E-state index in [1.807, 2.05) is 37.4 Å². The molecule has 3 aromatic rings. The first-order valence-electron chi connectivity index (χ1n) is 11.0. The predicted molar refractivity (Wildman–Crippen MR) is 130 cm³/mol. The van der Waals surface area contributed by atoms with Gasteiger partial charge < -0.3 is 15.2 Å². The number of fused-ring (bicyclic) bond motifs is 1. The summed E-state index contributed by atoms with van der Waals surface area (Å²) in [4.78, 5) is 33.1. The number of rotatable bonds is 6. The minimum atomic E-state index is -0.886. The quantitative estimate of drug-likeness (QED) is 0.484. The van der Waals surface area contributed by atoms with Crippen LogP contribution in [-0.4, -0.2) is 32.6 Å². The first kappa shape index (κ1) is 22.9. The van der Waals surface area contributed by atoms with E-state index in [4.69, 9.17) is 4.74 Å². The lowest BCUT2D eigenvalue weighted by atomic mass is 9.92. The number of hydrogen-bond acceptors (Lipinski definition) is 6. The second kappa shape index (κ2) is 8.74. The lowest BCUT2D eigenvalue weighted by Crippen LogP contribution is -2.22. The van der Waals surface area contributed by atoms with Crippen molar-refractivity contribution in [2.45, 2.75) is 32.3 Å². The first-order valence-corrected chi connectivity index (χ1v) is 12.0. The van der Waals surface area contributed by atoms with Crippen LogP contribution in [0.4, 0.5) is 10.1 Å². The number of halogens is 1. The fraction of sp³-hybridized carbons (Fsp3) is 0.231. The van der Waals surface area contributed by atoms with Crippen LogP contribution < -0.4 is 5.32 Å². The molecule has 2 aliphatic rings. The van der Waals surface area contributed by atoms with Gasteiger partial charge in [-0.1, -0.05) is 6.07 Å². The molecule has 1 atom stereocenters. The summed E-state index contributed by atoms with van der Waals surface area (Å²) in [5.41, 5.74) is 5.38. The Bertz CT molecular complexity index is 1380. The highest BCUT2D eigenvalue weighted by atomic mass is 32.1. The molecule has 2 N–H and O–H groups in total. The molecule has 1 aromatic carbocycles. The van der Waals surface area contributed by atoms with E-state index in [9.17, 15) is 19.1 Å². The van der Waals surface area contributed by atoms with Crippen LogP contribution in [0.1, 0.15) is 36.4 Å². The second-order valence-corrected chi connectivity index (χ2v) is 9.73. The molecule has 0 fully saturated rings. The fourth-order valence-corrected chi connectivity index (χ4v) is 4.97. The minimum Gasteiger partial charge on any atom is -0.482 e. The summed E-state index contributed by atoms with van der Waals surface area (Å²) in [5, 5.41) is 14.2. The molecule has 4 heterocycles. The fourth-order valence-electron chi connectivity index (χ4n) is 4.40. The topological polar surface area (TPSA) is 101 Å². The maximum absolute atomic E-state index is 13.6. The van der Waals surface area contributed by atoms with Gasteiger partial charge in [0.1, 0.15) is 17.2 Å². The SMILES string of the molecule is CC1(C)O/C(=C2/C(=O)Nc3cc(F)ccc32)C=C1c1ccc(C[C@H](Cc2cscn2)C(=O)O)nc1. The average Bonchev–Trinajstić information content (AvgIpc) is 3.50. The molecule has 1 amide bonds. The molecule has 0 bridgehead atoms. The first-order chi connectivity index (χ1) is 16.7. The number of anilines is 1. The van der Waals surface area contributed by atoms with E-state index in [1.165, 1.54) is 23.5 Å². The van der Waals surface area contributed by atoms with Crippen LogP contribution in [0.3, 0.4) is 0 Å². The van der Waals surface area contributed by atoms with Crippen molar-refractivity contribution in [1.82, 2.24) is 9.97 Å². The Morgan fingerprint density at radius 2 is 2.00 bits per heavy atom.